The van der Waals surface area contributed by atoms with Gasteiger partial charge in [0, 0.05) is 38.8 Å². The summed E-state index contributed by atoms with van der Waals surface area (Å²) in [7, 11) is 0. The molecule has 2 aliphatic heterocycles. The first-order chi connectivity index (χ1) is 8.70. The van der Waals surface area contributed by atoms with Gasteiger partial charge in [0.1, 0.15) is 0 Å². The number of rotatable bonds is 4. The zero-order valence-electron chi connectivity index (χ0n) is 11.4. The molecule has 104 valence electrons. The highest BCUT2D eigenvalue weighted by molar-refractivity contribution is 5.82. The number of nitrogens with one attached hydrogen (secondary N) is 2. The van der Waals surface area contributed by atoms with Crippen LogP contribution in [0.4, 0.5) is 0 Å². The quantitative estimate of drug-likeness (QED) is 0.740. The van der Waals surface area contributed by atoms with Crippen LogP contribution in [-0.2, 0) is 9.53 Å². The molecular weight excluding hydrogens is 230 g/mol. The maximum absolute atomic E-state index is 12.4. The molecule has 0 radical (unpaired) electrons. The normalized spacial score (nSPS) is 32.4. The summed E-state index contributed by atoms with van der Waals surface area (Å²) in [6.45, 7) is 8.08. The molecule has 2 fully saturated rings. The molecule has 0 aromatic rings. The third kappa shape index (κ3) is 3.43. The summed E-state index contributed by atoms with van der Waals surface area (Å²) in [6, 6.07) is 0.366. The van der Waals surface area contributed by atoms with Crippen molar-refractivity contribution < 1.29 is 9.53 Å². The SMILES string of the molecule is CCN(CC1CCCO1)C(=O)C1CNC(C)CN1. The minimum absolute atomic E-state index is 0.0810. The number of likely N-dealkylation sites (N-methyl/N-ethyl adjacent to an activating group) is 1. The standard InChI is InChI=1S/C13H25N3O2/c1-3-16(9-11-5-4-6-18-11)13(17)12-8-14-10(2)7-15-12/h10-12,14-15H,3-9H2,1-2H3. The summed E-state index contributed by atoms with van der Waals surface area (Å²) >= 11 is 0. The van der Waals surface area contributed by atoms with Gasteiger partial charge in [0.05, 0.1) is 12.1 Å². The van der Waals surface area contributed by atoms with Crippen LogP contribution in [0.1, 0.15) is 26.7 Å². The smallest absolute Gasteiger partial charge is 0.241 e. The molecule has 0 aliphatic carbocycles. The number of amides is 1. The molecule has 2 aliphatic rings. The van der Waals surface area contributed by atoms with E-state index >= 15 is 0 Å². The molecule has 3 unspecified atom stereocenters. The van der Waals surface area contributed by atoms with E-state index < -0.39 is 0 Å². The van der Waals surface area contributed by atoms with E-state index in [2.05, 4.69) is 17.6 Å². The van der Waals surface area contributed by atoms with Crippen LogP contribution < -0.4 is 10.6 Å². The van der Waals surface area contributed by atoms with Gasteiger partial charge in [-0.3, -0.25) is 4.79 Å². The minimum Gasteiger partial charge on any atom is -0.376 e. The number of carbonyl (C=O) groups is 1. The third-order valence-electron chi connectivity index (χ3n) is 3.78. The third-order valence-corrected chi connectivity index (χ3v) is 3.78. The van der Waals surface area contributed by atoms with Crippen molar-refractivity contribution in [1.29, 1.82) is 0 Å². The van der Waals surface area contributed by atoms with Crippen LogP contribution in [0.25, 0.3) is 0 Å². The van der Waals surface area contributed by atoms with Crippen molar-refractivity contribution in [3.05, 3.63) is 0 Å². The lowest BCUT2D eigenvalue weighted by molar-refractivity contribution is -0.135. The maximum atomic E-state index is 12.4. The number of carbonyl (C=O) groups excluding carboxylic acids is 1. The number of piperazine rings is 1. The fourth-order valence-electron chi connectivity index (χ4n) is 2.59. The first-order valence-electron chi connectivity index (χ1n) is 7.08. The van der Waals surface area contributed by atoms with Gasteiger partial charge in [0.2, 0.25) is 5.91 Å². The van der Waals surface area contributed by atoms with Gasteiger partial charge in [0.15, 0.2) is 0 Å². The van der Waals surface area contributed by atoms with Crippen molar-refractivity contribution in [2.45, 2.75) is 44.9 Å². The minimum atomic E-state index is -0.0810. The Morgan fingerprint density at radius 2 is 2.22 bits per heavy atom. The van der Waals surface area contributed by atoms with Crippen LogP contribution in [0.3, 0.4) is 0 Å². The first-order valence-corrected chi connectivity index (χ1v) is 7.08. The van der Waals surface area contributed by atoms with E-state index in [4.69, 9.17) is 4.74 Å². The lowest BCUT2D eigenvalue weighted by Crippen LogP contribution is -2.60. The Labute approximate surface area is 109 Å². The molecule has 2 rings (SSSR count). The number of hydrogen-bond acceptors (Lipinski definition) is 4. The van der Waals surface area contributed by atoms with E-state index in [1.165, 1.54) is 0 Å². The van der Waals surface area contributed by atoms with Gasteiger partial charge in [-0.25, -0.2) is 0 Å². The number of ether oxygens (including phenoxy) is 1. The van der Waals surface area contributed by atoms with Crippen LogP contribution in [0.2, 0.25) is 0 Å². The Kier molecular flexibility index (Phi) is 4.97. The van der Waals surface area contributed by atoms with E-state index in [9.17, 15) is 4.79 Å². The number of nitrogens with zero attached hydrogens (tertiary/aromatic N) is 1. The fraction of sp³-hybridized carbons (Fsp3) is 0.923. The molecule has 0 aromatic carbocycles. The fourth-order valence-corrected chi connectivity index (χ4v) is 2.59. The predicted octanol–water partition coefficient (Wildman–Crippen LogP) is -0.0362. The van der Waals surface area contributed by atoms with E-state index in [-0.39, 0.29) is 18.1 Å². The van der Waals surface area contributed by atoms with Crippen molar-refractivity contribution >= 4 is 5.91 Å². The van der Waals surface area contributed by atoms with Gasteiger partial charge in [-0.2, -0.15) is 0 Å². The van der Waals surface area contributed by atoms with Crippen LogP contribution in [0.5, 0.6) is 0 Å². The van der Waals surface area contributed by atoms with Gasteiger partial charge in [-0.05, 0) is 26.7 Å². The van der Waals surface area contributed by atoms with Gasteiger partial charge < -0.3 is 20.3 Å². The van der Waals surface area contributed by atoms with E-state index in [0.717, 1.165) is 45.6 Å². The summed E-state index contributed by atoms with van der Waals surface area (Å²) in [4.78, 5) is 14.3. The maximum Gasteiger partial charge on any atom is 0.241 e. The Morgan fingerprint density at radius 3 is 2.78 bits per heavy atom. The molecule has 2 heterocycles. The molecule has 0 bridgehead atoms. The van der Waals surface area contributed by atoms with Crippen molar-refractivity contribution in [3.8, 4) is 0 Å². The zero-order valence-corrected chi connectivity index (χ0v) is 11.4. The summed E-state index contributed by atoms with van der Waals surface area (Å²) in [5.41, 5.74) is 0. The van der Waals surface area contributed by atoms with Gasteiger partial charge >= 0.3 is 0 Å². The van der Waals surface area contributed by atoms with Gasteiger partial charge in [-0.1, -0.05) is 0 Å². The molecule has 5 heteroatoms. The van der Waals surface area contributed by atoms with E-state index in [1.54, 1.807) is 0 Å². The van der Waals surface area contributed by atoms with Crippen molar-refractivity contribution in [3.63, 3.8) is 0 Å². The average Bonchev–Trinajstić information content (AvgIpc) is 2.89. The van der Waals surface area contributed by atoms with Gasteiger partial charge in [-0.15, -0.1) is 0 Å². The second-order valence-corrected chi connectivity index (χ2v) is 5.28. The molecule has 18 heavy (non-hydrogen) atoms. The highest BCUT2D eigenvalue weighted by Crippen LogP contribution is 2.14. The molecule has 0 saturated carbocycles. The molecule has 1 amide bonds. The van der Waals surface area contributed by atoms with Crippen molar-refractivity contribution in [2.75, 3.05) is 32.8 Å². The molecule has 0 aromatic heterocycles. The summed E-state index contributed by atoms with van der Waals surface area (Å²) in [5.74, 6) is 0.201. The van der Waals surface area contributed by atoms with Crippen molar-refractivity contribution in [2.24, 2.45) is 0 Å². The van der Waals surface area contributed by atoms with Crippen molar-refractivity contribution in [1.82, 2.24) is 15.5 Å². The Bertz CT molecular complexity index is 271. The Balaban J connectivity index is 1.84. The lowest BCUT2D eigenvalue weighted by Gasteiger charge is -2.33. The monoisotopic (exact) mass is 255 g/mol. The lowest BCUT2D eigenvalue weighted by atomic mass is 10.1. The summed E-state index contributed by atoms with van der Waals surface area (Å²) < 4.78 is 5.61. The molecule has 5 nitrogen and oxygen atoms in total. The van der Waals surface area contributed by atoms with Crippen LogP contribution in [0, 0.1) is 0 Å². The molecular formula is C13H25N3O2. The van der Waals surface area contributed by atoms with Crippen LogP contribution >= 0.6 is 0 Å². The number of hydrogen-bond donors (Lipinski definition) is 2. The highest BCUT2D eigenvalue weighted by Gasteiger charge is 2.29. The second-order valence-electron chi connectivity index (χ2n) is 5.28. The second kappa shape index (κ2) is 6.50. The molecule has 0 spiro atoms. The van der Waals surface area contributed by atoms with E-state index in [0.29, 0.717) is 6.04 Å². The largest absolute Gasteiger partial charge is 0.376 e. The van der Waals surface area contributed by atoms with Crippen LogP contribution in [-0.4, -0.2) is 61.8 Å². The molecule has 3 atom stereocenters. The van der Waals surface area contributed by atoms with Crippen LogP contribution in [0.15, 0.2) is 0 Å². The Morgan fingerprint density at radius 1 is 1.39 bits per heavy atom. The highest BCUT2D eigenvalue weighted by atomic mass is 16.5. The summed E-state index contributed by atoms with van der Waals surface area (Å²) in [5, 5.41) is 6.66. The predicted molar refractivity (Wildman–Crippen MR) is 70.5 cm³/mol. The zero-order chi connectivity index (χ0) is 13.0. The van der Waals surface area contributed by atoms with Gasteiger partial charge in [0.25, 0.3) is 0 Å². The average molecular weight is 255 g/mol. The molecule has 2 saturated heterocycles. The summed E-state index contributed by atoms with van der Waals surface area (Å²) in [6.07, 6.45) is 2.44. The van der Waals surface area contributed by atoms with E-state index in [1.807, 2.05) is 11.8 Å². The topological polar surface area (TPSA) is 53.6 Å². The first kappa shape index (κ1) is 13.8. The molecule has 2 N–H and O–H groups in total. The Hall–Kier alpha value is -0.650.